The molecule has 1 rings (SSSR count). The van der Waals surface area contributed by atoms with Gasteiger partial charge >= 0.3 is 6.41 Å². The van der Waals surface area contributed by atoms with Gasteiger partial charge in [0.1, 0.15) is 6.54 Å². The van der Waals surface area contributed by atoms with Crippen LogP contribution in [-0.4, -0.2) is 36.9 Å². The van der Waals surface area contributed by atoms with Crippen LogP contribution in [0.3, 0.4) is 0 Å². The average molecular weight is 127 g/mol. The van der Waals surface area contributed by atoms with Crippen molar-refractivity contribution < 1.29 is 9.28 Å². The number of aliphatic imine (C=N–C) groups is 1. The van der Waals surface area contributed by atoms with Crippen molar-refractivity contribution in [1.82, 2.24) is 0 Å². The maximum Gasteiger partial charge on any atom is 0.307 e. The van der Waals surface area contributed by atoms with Crippen LogP contribution in [0.2, 0.25) is 0 Å². The Morgan fingerprint density at radius 1 is 1.78 bits per heavy atom. The van der Waals surface area contributed by atoms with Crippen molar-refractivity contribution in [3.05, 3.63) is 0 Å². The van der Waals surface area contributed by atoms with Gasteiger partial charge in [-0.1, -0.05) is 0 Å². The van der Waals surface area contributed by atoms with Crippen molar-refractivity contribution in [2.24, 2.45) is 4.99 Å². The lowest BCUT2D eigenvalue weighted by molar-refractivity contribution is -0.723. The van der Waals surface area contributed by atoms with Crippen molar-refractivity contribution in [3.8, 4) is 0 Å². The van der Waals surface area contributed by atoms with Gasteiger partial charge in [0.05, 0.1) is 13.6 Å². The normalized spacial score (nSPS) is 34.2. The molecule has 1 amide bonds. The summed E-state index contributed by atoms with van der Waals surface area (Å²) in [7, 11) is 1.87. The first-order chi connectivity index (χ1) is 4.19. The summed E-state index contributed by atoms with van der Waals surface area (Å²) in [5.74, 6) is 0.921. The third-order valence-electron chi connectivity index (χ3n) is 1.88. The molecule has 0 radical (unpaired) electrons. The van der Waals surface area contributed by atoms with Gasteiger partial charge in [-0.3, -0.25) is 0 Å². The van der Waals surface area contributed by atoms with E-state index < -0.39 is 0 Å². The molecule has 3 nitrogen and oxygen atoms in total. The smallest absolute Gasteiger partial charge is 0.233 e. The lowest BCUT2D eigenvalue weighted by atomic mass is 10.5. The van der Waals surface area contributed by atoms with Gasteiger partial charge in [0, 0.05) is 6.92 Å². The highest BCUT2D eigenvalue weighted by molar-refractivity contribution is 5.79. The molecule has 0 saturated carbocycles. The Kier molecular flexibility index (Phi) is 1.37. The Morgan fingerprint density at radius 3 is 2.67 bits per heavy atom. The largest absolute Gasteiger partial charge is 0.307 e. The predicted molar refractivity (Wildman–Crippen MR) is 35.1 cm³/mol. The molecular formula is C6H11N2O+. The summed E-state index contributed by atoms with van der Waals surface area (Å²) in [5, 5.41) is 0. The van der Waals surface area contributed by atoms with E-state index in [1.165, 1.54) is 0 Å². The summed E-state index contributed by atoms with van der Waals surface area (Å²) >= 11 is 0. The van der Waals surface area contributed by atoms with E-state index in [-0.39, 0.29) is 0 Å². The first-order valence-electron chi connectivity index (χ1n) is 3.02. The number of carbonyl (C=O) groups excluding carboxylic acids is 1. The second-order valence-corrected chi connectivity index (χ2v) is 2.53. The Bertz CT molecular complexity index is 164. The molecule has 0 fully saturated rings. The summed E-state index contributed by atoms with van der Waals surface area (Å²) in [6.45, 7) is 3.51. The van der Waals surface area contributed by atoms with E-state index in [9.17, 15) is 4.79 Å². The summed E-state index contributed by atoms with van der Waals surface area (Å²) in [5.41, 5.74) is 0. The van der Waals surface area contributed by atoms with E-state index in [4.69, 9.17) is 0 Å². The fourth-order valence-electron chi connectivity index (χ4n) is 0.872. The van der Waals surface area contributed by atoms with Gasteiger partial charge < -0.3 is 0 Å². The van der Waals surface area contributed by atoms with Crippen LogP contribution in [0.25, 0.3) is 0 Å². The molecule has 1 heterocycles. The molecule has 0 bridgehead atoms. The van der Waals surface area contributed by atoms with Crippen molar-refractivity contribution in [2.45, 2.75) is 6.92 Å². The molecule has 3 heteroatoms. The number of amides is 1. The number of hydrogen-bond acceptors (Lipinski definition) is 2. The molecule has 9 heavy (non-hydrogen) atoms. The molecule has 0 saturated heterocycles. The number of carbonyl (C=O) groups is 1. The zero-order chi connectivity index (χ0) is 6.91. The third kappa shape index (κ3) is 0.876. The van der Waals surface area contributed by atoms with Crippen molar-refractivity contribution in [1.29, 1.82) is 0 Å². The SMILES string of the molecule is CC1=NCC[N+]1(C)C=O. The van der Waals surface area contributed by atoms with Crippen molar-refractivity contribution in [3.63, 3.8) is 0 Å². The molecule has 1 aliphatic rings. The first kappa shape index (κ1) is 6.42. The topological polar surface area (TPSA) is 29.4 Å². The second kappa shape index (κ2) is 1.92. The molecule has 50 valence electrons. The minimum absolute atomic E-state index is 0.375. The van der Waals surface area contributed by atoms with E-state index in [2.05, 4.69) is 4.99 Å². The monoisotopic (exact) mass is 127 g/mol. The predicted octanol–water partition coefficient (Wildman–Crippen LogP) is 0.0214. The maximum atomic E-state index is 10.4. The highest BCUT2D eigenvalue weighted by Gasteiger charge is 2.29. The fourth-order valence-corrected chi connectivity index (χ4v) is 0.872. The lowest BCUT2D eigenvalue weighted by Gasteiger charge is -2.18. The summed E-state index contributed by atoms with van der Waals surface area (Å²) in [6.07, 6.45) is 0.936. The third-order valence-corrected chi connectivity index (χ3v) is 1.88. The zero-order valence-electron chi connectivity index (χ0n) is 5.79. The number of rotatable bonds is 1. The quantitative estimate of drug-likeness (QED) is 0.360. The number of amidine groups is 1. The van der Waals surface area contributed by atoms with Gasteiger partial charge in [0.15, 0.2) is 0 Å². The van der Waals surface area contributed by atoms with Crippen LogP contribution in [0.1, 0.15) is 6.92 Å². The minimum Gasteiger partial charge on any atom is -0.233 e. The van der Waals surface area contributed by atoms with Gasteiger partial charge in [0.2, 0.25) is 5.84 Å². The van der Waals surface area contributed by atoms with E-state index >= 15 is 0 Å². The average Bonchev–Trinajstić information content (AvgIpc) is 2.15. The van der Waals surface area contributed by atoms with Crippen LogP contribution in [0.5, 0.6) is 0 Å². The Labute approximate surface area is 54.6 Å². The molecule has 0 aromatic carbocycles. The molecule has 0 N–H and O–H groups in total. The highest BCUT2D eigenvalue weighted by Crippen LogP contribution is 2.06. The van der Waals surface area contributed by atoms with Crippen LogP contribution in [-0.2, 0) is 4.79 Å². The summed E-state index contributed by atoms with van der Waals surface area (Å²) in [4.78, 5) is 14.5. The van der Waals surface area contributed by atoms with Crippen LogP contribution >= 0.6 is 0 Å². The van der Waals surface area contributed by atoms with Crippen molar-refractivity contribution >= 4 is 12.2 Å². The maximum absolute atomic E-state index is 10.4. The molecular weight excluding hydrogens is 116 g/mol. The molecule has 1 atom stereocenters. The minimum atomic E-state index is 0.375. The molecule has 0 spiro atoms. The number of hydrogen-bond donors (Lipinski definition) is 0. The number of nitrogens with zero attached hydrogens (tertiary/aromatic N) is 2. The number of quaternary nitrogens is 1. The van der Waals surface area contributed by atoms with Crippen LogP contribution in [0.15, 0.2) is 4.99 Å². The molecule has 1 aliphatic heterocycles. The van der Waals surface area contributed by atoms with Gasteiger partial charge in [-0.25, -0.2) is 14.3 Å². The summed E-state index contributed by atoms with van der Waals surface area (Å²) in [6, 6.07) is 0. The van der Waals surface area contributed by atoms with E-state index in [1.807, 2.05) is 14.0 Å². The molecule has 0 aromatic heterocycles. The Balaban J connectivity index is 2.82. The van der Waals surface area contributed by atoms with E-state index in [1.54, 1.807) is 0 Å². The lowest BCUT2D eigenvalue weighted by Crippen LogP contribution is -2.44. The van der Waals surface area contributed by atoms with Gasteiger partial charge in [-0.2, -0.15) is 0 Å². The molecule has 1 unspecified atom stereocenters. The van der Waals surface area contributed by atoms with E-state index in [0.29, 0.717) is 4.48 Å². The van der Waals surface area contributed by atoms with Crippen LogP contribution in [0.4, 0.5) is 0 Å². The van der Waals surface area contributed by atoms with Gasteiger partial charge in [0.25, 0.3) is 0 Å². The number of likely N-dealkylation sites (N-methyl/N-ethyl adjacent to an activating group) is 1. The first-order valence-corrected chi connectivity index (χ1v) is 3.02. The van der Waals surface area contributed by atoms with Crippen LogP contribution in [0, 0.1) is 0 Å². The van der Waals surface area contributed by atoms with Crippen LogP contribution < -0.4 is 0 Å². The Hall–Kier alpha value is -0.700. The van der Waals surface area contributed by atoms with E-state index in [0.717, 1.165) is 25.3 Å². The molecule has 0 aliphatic carbocycles. The molecule has 0 aromatic rings. The zero-order valence-corrected chi connectivity index (χ0v) is 5.79. The standard InChI is InChI=1S/C6H11N2O/c1-6-7-3-4-8(6,2)5-9/h5H,3-4H2,1-2H3/q+1. The van der Waals surface area contributed by atoms with Gasteiger partial charge in [-0.05, 0) is 0 Å². The summed E-state index contributed by atoms with van der Waals surface area (Å²) < 4.78 is 0.375. The second-order valence-electron chi connectivity index (χ2n) is 2.53. The Morgan fingerprint density at radius 2 is 2.44 bits per heavy atom. The fraction of sp³-hybridized carbons (Fsp3) is 0.667. The van der Waals surface area contributed by atoms with Gasteiger partial charge in [-0.15, -0.1) is 0 Å². The highest BCUT2D eigenvalue weighted by atomic mass is 16.1. The van der Waals surface area contributed by atoms with Crippen molar-refractivity contribution in [2.75, 3.05) is 20.1 Å².